The summed E-state index contributed by atoms with van der Waals surface area (Å²) in [5.74, 6) is 0. The number of thioether (sulfide) groups is 1. The minimum atomic E-state index is 0.247. The first-order valence-corrected chi connectivity index (χ1v) is 6.94. The van der Waals surface area contributed by atoms with Gasteiger partial charge >= 0.3 is 0 Å². The van der Waals surface area contributed by atoms with Crippen LogP contribution >= 0.6 is 24.0 Å². The minimum Gasteiger partial charge on any atom is -0.389 e. The maximum atomic E-state index is 5.81. The second-order valence-corrected chi connectivity index (χ2v) is 5.72. The Morgan fingerprint density at radius 1 is 1.50 bits per heavy atom. The third-order valence-corrected chi connectivity index (χ3v) is 3.91. The lowest BCUT2D eigenvalue weighted by Gasteiger charge is -2.18. The van der Waals surface area contributed by atoms with Gasteiger partial charge in [-0.3, -0.25) is 0 Å². The second-order valence-electron chi connectivity index (χ2n) is 4.43. The molecule has 0 aliphatic heterocycles. The molecule has 0 atom stereocenters. The third-order valence-electron chi connectivity index (χ3n) is 2.93. The number of hydrogen-bond acceptors (Lipinski definition) is 3. The highest BCUT2D eigenvalue weighted by atomic mass is 32.2. The van der Waals surface area contributed by atoms with Gasteiger partial charge in [0.25, 0.3) is 0 Å². The molecule has 1 aromatic carbocycles. The standard InChI is InChI=1S/C12H16N2S2/c1-12(6-7-12)14-8-4-3-5-9(16-2)10(8)11(13)15/h3-5,14H,6-7H2,1-2H3,(H2,13,15). The molecule has 4 heteroatoms. The Bertz CT molecular complexity index is 425. The molecule has 2 rings (SSSR count). The van der Waals surface area contributed by atoms with Crippen LogP contribution in [0.1, 0.15) is 25.3 Å². The number of anilines is 1. The summed E-state index contributed by atoms with van der Waals surface area (Å²) in [6, 6.07) is 6.15. The Balaban J connectivity index is 2.39. The Morgan fingerprint density at radius 2 is 2.19 bits per heavy atom. The summed E-state index contributed by atoms with van der Waals surface area (Å²) in [4.78, 5) is 1.61. The van der Waals surface area contributed by atoms with Gasteiger partial charge in [-0.05, 0) is 38.2 Å². The molecule has 1 aliphatic carbocycles. The molecule has 0 radical (unpaired) electrons. The highest BCUT2D eigenvalue weighted by molar-refractivity contribution is 7.98. The van der Waals surface area contributed by atoms with E-state index in [1.54, 1.807) is 11.8 Å². The van der Waals surface area contributed by atoms with Gasteiger partial charge in [0, 0.05) is 21.7 Å². The van der Waals surface area contributed by atoms with E-state index in [1.165, 1.54) is 12.8 Å². The molecule has 0 amide bonds. The first-order chi connectivity index (χ1) is 7.56. The minimum absolute atomic E-state index is 0.247. The normalized spacial score (nSPS) is 16.9. The van der Waals surface area contributed by atoms with Gasteiger partial charge in [-0.25, -0.2) is 0 Å². The fourth-order valence-electron chi connectivity index (χ4n) is 1.70. The molecular formula is C12H16N2S2. The van der Waals surface area contributed by atoms with Crippen LogP contribution in [0.4, 0.5) is 5.69 Å². The van der Waals surface area contributed by atoms with E-state index in [4.69, 9.17) is 18.0 Å². The molecule has 0 saturated heterocycles. The van der Waals surface area contributed by atoms with Crippen LogP contribution in [0.3, 0.4) is 0 Å². The molecule has 2 nitrogen and oxygen atoms in total. The number of nitrogens with two attached hydrogens (primary N) is 1. The predicted molar refractivity (Wildman–Crippen MR) is 75.4 cm³/mol. The summed E-state index contributed by atoms with van der Waals surface area (Å²) < 4.78 is 0. The largest absolute Gasteiger partial charge is 0.389 e. The third kappa shape index (κ3) is 2.33. The molecule has 0 heterocycles. The van der Waals surface area contributed by atoms with Gasteiger partial charge in [0.15, 0.2) is 0 Å². The van der Waals surface area contributed by atoms with Crippen molar-refractivity contribution < 1.29 is 0 Å². The number of thiocarbonyl (C=S) groups is 1. The molecule has 0 aromatic heterocycles. The molecule has 0 unspecified atom stereocenters. The van der Waals surface area contributed by atoms with E-state index in [0.29, 0.717) is 4.99 Å². The highest BCUT2D eigenvalue weighted by Gasteiger charge is 2.37. The lowest BCUT2D eigenvalue weighted by Crippen LogP contribution is -2.20. The zero-order chi connectivity index (χ0) is 11.8. The van der Waals surface area contributed by atoms with Crippen LogP contribution < -0.4 is 11.1 Å². The second kappa shape index (κ2) is 4.26. The lowest BCUT2D eigenvalue weighted by atomic mass is 10.1. The Hall–Kier alpha value is -0.740. The molecule has 1 fully saturated rings. The topological polar surface area (TPSA) is 38.0 Å². The van der Waals surface area contributed by atoms with Crippen LogP contribution in [0, 0.1) is 0 Å². The van der Waals surface area contributed by atoms with Gasteiger partial charge in [0.05, 0.1) is 0 Å². The summed E-state index contributed by atoms with van der Waals surface area (Å²) in [6.45, 7) is 2.22. The summed E-state index contributed by atoms with van der Waals surface area (Å²) in [7, 11) is 0. The maximum absolute atomic E-state index is 5.81. The van der Waals surface area contributed by atoms with Gasteiger partial charge < -0.3 is 11.1 Å². The van der Waals surface area contributed by atoms with Crippen molar-refractivity contribution in [2.75, 3.05) is 11.6 Å². The van der Waals surface area contributed by atoms with E-state index in [2.05, 4.69) is 24.4 Å². The van der Waals surface area contributed by atoms with Crippen molar-refractivity contribution in [1.29, 1.82) is 0 Å². The van der Waals surface area contributed by atoms with Crippen LogP contribution in [0.15, 0.2) is 23.1 Å². The van der Waals surface area contributed by atoms with Gasteiger partial charge in [0.2, 0.25) is 0 Å². The van der Waals surface area contributed by atoms with Crippen LogP contribution in [0.25, 0.3) is 0 Å². The number of rotatable bonds is 4. The average molecular weight is 252 g/mol. The van der Waals surface area contributed by atoms with Crippen molar-refractivity contribution in [1.82, 2.24) is 0 Å². The van der Waals surface area contributed by atoms with E-state index in [1.807, 2.05) is 12.3 Å². The van der Waals surface area contributed by atoms with Gasteiger partial charge in [-0.1, -0.05) is 18.3 Å². The summed E-state index contributed by atoms with van der Waals surface area (Å²) >= 11 is 6.81. The number of hydrogen-bond donors (Lipinski definition) is 2. The fourth-order valence-corrected chi connectivity index (χ4v) is 2.62. The van der Waals surface area contributed by atoms with Crippen molar-refractivity contribution in [3.8, 4) is 0 Å². The molecule has 1 saturated carbocycles. The quantitative estimate of drug-likeness (QED) is 0.638. The van der Waals surface area contributed by atoms with Crippen molar-refractivity contribution >= 4 is 34.7 Å². The van der Waals surface area contributed by atoms with Gasteiger partial charge in [0.1, 0.15) is 4.99 Å². The van der Waals surface area contributed by atoms with Crippen molar-refractivity contribution in [2.45, 2.75) is 30.2 Å². The van der Waals surface area contributed by atoms with Gasteiger partial charge in [-0.2, -0.15) is 0 Å². The molecule has 16 heavy (non-hydrogen) atoms. The first kappa shape index (κ1) is 11.7. The fraction of sp³-hybridized carbons (Fsp3) is 0.417. The predicted octanol–water partition coefficient (Wildman–Crippen LogP) is 3.01. The van der Waals surface area contributed by atoms with Gasteiger partial charge in [-0.15, -0.1) is 11.8 Å². The highest BCUT2D eigenvalue weighted by Crippen LogP contribution is 2.40. The zero-order valence-electron chi connectivity index (χ0n) is 9.54. The van der Waals surface area contributed by atoms with Crippen LogP contribution in [-0.2, 0) is 0 Å². The first-order valence-electron chi connectivity index (χ1n) is 5.31. The van der Waals surface area contributed by atoms with Crippen molar-refractivity contribution in [2.24, 2.45) is 5.73 Å². The van der Waals surface area contributed by atoms with Crippen LogP contribution in [-0.4, -0.2) is 16.8 Å². The van der Waals surface area contributed by atoms with Crippen molar-refractivity contribution in [3.63, 3.8) is 0 Å². The summed E-state index contributed by atoms with van der Waals surface area (Å²) in [6.07, 6.45) is 4.47. The molecular weight excluding hydrogens is 236 g/mol. The zero-order valence-corrected chi connectivity index (χ0v) is 11.2. The lowest BCUT2D eigenvalue weighted by molar-refractivity contribution is 0.828. The molecule has 1 aromatic rings. The summed E-state index contributed by atoms with van der Waals surface area (Å²) in [5, 5.41) is 3.54. The molecule has 0 spiro atoms. The van der Waals surface area contributed by atoms with E-state index < -0.39 is 0 Å². The Morgan fingerprint density at radius 3 is 2.69 bits per heavy atom. The smallest absolute Gasteiger partial charge is 0.107 e. The van der Waals surface area contributed by atoms with E-state index >= 15 is 0 Å². The van der Waals surface area contributed by atoms with Crippen LogP contribution in [0.2, 0.25) is 0 Å². The molecule has 0 bridgehead atoms. The average Bonchev–Trinajstić information content (AvgIpc) is 2.95. The summed E-state index contributed by atoms with van der Waals surface area (Å²) in [5.41, 5.74) is 8.11. The number of benzene rings is 1. The molecule has 1 aliphatic rings. The Labute approximate surface area is 106 Å². The van der Waals surface area contributed by atoms with Crippen LogP contribution in [0.5, 0.6) is 0 Å². The molecule has 3 N–H and O–H groups in total. The maximum Gasteiger partial charge on any atom is 0.107 e. The SMILES string of the molecule is CSc1cccc(NC2(C)CC2)c1C(N)=S. The van der Waals surface area contributed by atoms with E-state index in [9.17, 15) is 0 Å². The number of nitrogens with one attached hydrogen (secondary N) is 1. The van der Waals surface area contributed by atoms with E-state index in [-0.39, 0.29) is 5.54 Å². The van der Waals surface area contributed by atoms with E-state index in [0.717, 1.165) is 16.1 Å². The molecule has 86 valence electrons. The monoisotopic (exact) mass is 252 g/mol. The Kier molecular flexibility index (Phi) is 3.13. The van der Waals surface area contributed by atoms with Crippen molar-refractivity contribution in [3.05, 3.63) is 23.8 Å².